The highest BCUT2D eigenvalue weighted by Crippen LogP contribution is 2.43. The van der Waals surface area contributed by atoms with Crippen molar-refractivity contribution in [2.45, 2.75) is 0 Å². The van der Waals surface area contributed by atoms with Crippen LogP contribution in [0, 0.1) is 0 Å². The maximum Gasteiger partial charge on any atom is 0.0886 e. The van der Waals surface area contributed by atoms with Gasteiger partial charge in [-0.15, -0.1) is 0 Å². The first-order valence-corrected chi connectivity index (χ1v) is 17.2. The van der Waals surface area contributed by atoms with Crippen LogP contribution in [-0.2, 0) is 0 Å². The number of hydrogen-bond donors (Lipinski definition) is 0. The molecule has 0 saturated carbocycles. The van der Waals surface area contributed by atoms with Gasteiger partial charge >= 0.3 is 0 Å². The van der Waals surface area contributed by atoms with E-state index in [1.165, 1.54) is 43.6 Å². The molecule has 6 aromatic carbocycles. The number of nitrogens with zero attached hydrogens (tertiary/aromatic N) is 4. The van der Waals surface area contributed by atoms with Crippen molar-refractivity contribution in [2.24, 2.45) is 0 Å². The lowest BCUT2D eigenvalue weighted by Gasteiger charge is -2.17. The summed E-state index contributed by atoms with van der Waals surface area (Å²) >= 11 is 0. The van der Waals surface area contributed by atoms with Gasteiger partial charge in [-0.3, -0.25) is 15.0 Å². The molecule has 0 spiro atoms. The van der Waals surface area contributed by atoms with Crippen LogP contribution in [0.3, 0.4) is 0 Å². The lowest BCUT2D eigenvalue weighted by atomic mass is 9.86. The molecule has 0 aliphatic heterocycles. The first-order chi connectivity index (χ1) is 25.3. The first-order valence-electron chi connectivity index (χ1n) is 17.2. The van der Waals surface area contributed by atoms with Crippen molar-refractivity contribution < 1.29 is 0 Å². The third-order valence-corrected chi connectivity index (χ3v) is 9.98. The molecule has 0 bridgehead atoms. The van der Waals surface area contributed by atoms with Gasteiger partial charge in [0.15, 0.2) is 0 Å². The number of aromatic nitrogens is 4. The minimum Gasteiger partial charge on any atom is -0.309 e. The zero-order valence-electron chi connectivity index (χ0n) is 27.6. The summed E-state index contributed by atoms with van der Waals surface area (Å²) in [6.45, 7) is 0. The lowest BCUT2D eigenvalue weighted by molar-refractivity contribution is 1.17. The fourth-order valence-corrected chi connectivity index (χ4v) is 7.68. The van der Waals surface area contributed by atoms with Crippen molar-refractivity contribution in [1.82, 2.24) is 19.5 Å². The average Bonchev–Trinajstić information content (AvgIpc) is 3.55. The molecular formula is C47H30N4. The van der Waals surface area contributed by atoms with Crippen LogP contribution in [0.2, 0.25) is 0 Å². The predicted molar refractivity (Wildman–Crippen MR) is 211 cm³/mol. The Labute approximate surface area is 295 Å². The van der Waals surface area contributed by atoms with Gasteiger partial charge in [-0.1, -0.05) is 121 Å². The number of para-hydroxylation sites is 1. The standard InChI is InChI=1S/C47H30N4/c1-2-11-31(12-3-1)46-37-16-4-6-18-39(37)47(40-19-7-5-17-38(40)46)34-22-24-43(50-29-34)42-23-21-33(28-49-42)32-13-10-14-35(27-32)51-44-20-9-8-15-36(44)41-30-48-26-25-45(41)51/h1-30H. The van der Waals surface area contributed by atoms with Gasteiger partial charge in [-0.2, -0.15) is 0 Å². The summed E-state index contributed by atoms with van der Waals surface area (Å²) in [6.07, 6.45) is 7.75. The van der Waals surface area contributed by atoms with E-state index in [2.05, 4.69) is 167 Å². The van der Waals surface area contributed by atoms with Gasteiger partial charge in [0.2, 0.25) is 0 Å². The summed E-state index contributed by atoms with van der Waals surface area (Å²) in [5.41, 5.74) is 12.0. The SMILES string of the molecule is c1ccc(-c2c3ccccc3c(-c3ccc(-c4ccc(-c5cccc(-n6c7ccccc7c7cnccc76)c5)cn4)nc3)c3ccccc23)cc1. The Hall–Kier alpha value is -6.91. The van der Waals surface area contributed by atoms with Crippen LogP contribution in [-0.4, -0.2) is 19.5 Å². The summed E-state index contributed by atoms with van der Waals surface area (Å²) in [7, 11) is 0. The highest BCUT2D eigenvalue weighted by Gasteiger charge is 2.17. The molecule has 0 saturated heterocycles. The second-order valence-corrected chi connectivity index (χ2v) is 12.9. The molecular weight excluding hydrogens is 621 g/mol. The maximum atomic E-state index is 4.96. The molecule has 0 unspecified atom stereocenters. The number of benzene rings is 6. The Kier molecular flexibility index (Phi) is 6.78. The molecule has 0 fully saturated rings. The molecule has 238 valence electrons. The minimum atomic E-state index is 0.838. The van der Waals surface area contributed by atoms with E-state index >= 15 is 0 Å². The summed E-state index contributed by atoms with van der Waals surface area (Å²) in [6, 6.07) is 55.8. The molecule has 0 N–H and O–H groups in total. The Bertz CT molecular complexity index is 2780. The quantitative estimate of drug-likeness (QED) is 0.174. The topological polar surface area (TPSA) is 43.6 Å². The van der Waals surface area contributed by atoms with Gasteiger partial charge in [0.25, 0.3) is 0 Å². The summed E-state index contributed by atoms with van der Waals surface area (Å²) in [5.74, 6) is 0. The van der Waals surface area contributed by atoms with E-state index in [-0.39, 0.29) is 0 Å². The summed E-state index contributed by atoms with van der Waals surface area (Å²) in [4.78, 5) is 14.2. The smallest absolute Gasteiger partial charge is 0.0886 e. The monoisotopic (exact) mass is 650 g/mol. The van der Waals surface area contributed by atoms with Gasteiger partial charge in [-0.05, 0) is 80.2 Å². The normalized spacial score (nSPS) is 11.5. The first kappa shape index (κ1) is 29.0. The van der Waals surface area contributed by atoms with Crippen molar-refractivity contribution in [2.75, 3.05) is 0 Å². The number of hydrogen-bond acceptors (Lipinski definition) is 3. The second kappa shape index (κ2) is 11.9. The van der Waals surface area contributed by atoms with Crippen LogP contribution >= 0.6 is 0 Å². The maximum absolute atomic E-state index is 4.96. The van der Waals surface area contributed by atoms with Gasteiger partial charge in [0.05, 0.1) is 22.4 Å². The number of pyridine rings is 3. The zero-order valence-corrected chi connectivity index (χ0v) is 27.6. The van der Waals surface area contributed by atoms with E-state index in [0.717, 1.165) is 50.2 Å². The molecule has 0 radical (unpaired) electrons. The molecule has 0 aliphatic carbocycles. The minimum absolute atomic E-state index is 0.838. The average molecular weight is 651 g/mol. The fraction of sp³-hybridized carbons (Fsp3) is 0. The van der Waals surface area contributed by atoms with Crippen molar-refractivity contribution in [1.29, 1.82) is 0 Å². The lowest BCUT2D eigenvalue weighted by Crippen LogP contribution is -1.95. The predicted octanol–water partition coefficient (Wildman–Crippen LogP) is 11.9. The Morgan fingerprint density at radius 1 is 0.353 bits per heavy atom. The van der Waals surface area contributed by atoms with Crippen molar-refractivity contribution in [3.63, 3.8) is 0 Å². The van der Waals surface area contributed by atoms with E-state index in [1.54, 1.807) is 0 Å². The molecule has 4 heterocycles. The van der Waals surface area contributed by atoms with Crippen molar-refractivity contribution in [3.05, 3.63) is 183 Å². The van der Waals surface area contributed by atoms with E-state index in [9.17, 15) is 0 Å². The third-order valence-electron chi connectivity index (χ3n) is 9.98. The largest absolute Gasteiger partial charge is 0.309 e. The van der Waals surface area contributed by atoms with Crippen LogP contribution in [0.15, 0.2) is 183 Å². The molecule has 51 heavy (non-hydrogen) atoms. The van der Waals surface area contributed by atoms with Gasteiger partial charge in [0, 0.05) is 52.4 Å². The van der Waals surface area contributed by atoms with Crippen molar-refractivity contribution in [3.8, 4) is 50.5 Å². The molecule has 4 heteroatoms. The van der Waals surface area contributed by atoms with Gasteiger partial charge in [-0.25, -0.2) is 0 Å². The molecule has 0 amide bonds. The van der Waals surface area contributed by atoms with Crippen LogP contribution in [0.1, 0.15) is 0 Å². The van der Waals surface area contributed by atoms with E-state index in [1.807, 2.05) is 24.8 Å². The zero-order chi connectivity index (χ0) is 33.7. The summed E-state index contributed by atoms with van der Waals surface area (Å²) < 4.78 is 2.31. The number of rotatable bonds is 5. The Morgan fingerprint density at radius 3 is 1.55 bits per heavy atom. The van der Waals surface area contributed by atoms with E-state index in [4.69, 9.17) is 9.97 Å². The molecule has 0 aliphatic rings. The van der Waals surface area contributed by atoms with E-state index in [0.29, 0.717) is 0 Å². The highest BCUT2D eigenvalue weighted by atomic mass is 15.0. The Morgan fingerprint density at radius 2 is 0.902 bits per heavy atom. The Balaban J connectivity index is 1.01. The summed E-state index contributed by atoms with van der Waals surface area (Å²) in [5, 5.41) is 7.24. The van der Waals surface area contributed by atoms with Crippen molar-refractivity contribution >= 4 is 43.4 Å². The van der Waals surface area contributed by atoms with Gasteiger partial charge in [0.1, 0.15) is 0 Å². The fourth-order valence-electron chi connectivity index (χ4n) is 7.68. The molecule has 0 atom stereocenters. The molecule has 4 aromatic heterocycles. The third kappa shape index (κ3) is 4.80. The molecule has 10 aromatic rings. The van der Waals surface area contributed by atoms with Crippen LogP contribution in [0.25, 0.3) is 93.8 Å². The number of fused-ring (bicyclic) bond motifs is 5. The van der Waals surface area contributed by atoms with Gasteiger partial charge < -0.3 is 4.57 Å². The van der Waals surface area contributed by atoms with Crippen LogP contribution < -0.4 is 0 Å². The molecule has 4 nitrogen and oxygen atoms in total. The van der Waals surface area contributed by atoms with Crippen LogP contribution in [0.5, 0.6) is 0 Å². The highest BCUT2D eigenvalue weighted by molar-refractivity contribution is 6.21. The van der Waals surface area contributed by atoms with E-state index < -0.39 is 0 Å². The second-order valence-electron chi connectivity index (χ2n) is 12.9. The van der Waals surface area contributed by atoms with Crippen LogP contribution in [0.4, 0.5) is 0 Å². The molecule has 10 rings (SSSR count).